The van der Waals surface area contributed by atoms with Gasteiger partial charge in [-0.25, -0.2) is 4.98 Å². The van der Waals surface area contributed by atoms with Gasteiger partial charge in [-0.1, -0.05) is 18.7 Å². The molecule has 188 valence electrons. The molecule has 2 aromatic carbocycles. The summed E-state index contributed by atoms with van der Waals surface area (Å²) in [4.78, 5) is 26.0. The molecule has 3 heterocycles. The molecule has 1 aliphatic rings. The fourth-order valence-corrected chi connectivity index (χ4v) is 4.13. The van der Waals surface area contributed by atoms with Gasteiger partial charge in [0.25, 0.3) is 0 Å². The normalized spacial score (nSPS) is 13.7. The standard InChI is InChI=1S/C28H29N7O2/c1-3-26(36)31-24-6-4-5-7-25(24)32-27-23(20-12-17-37-19-20)18-29-28(33-27)30-21-8-10-22(11-9-21)35-15-13-34(2)14-16-35/h3-12,17-19H,1,13-16H2,2H3,(H,31,36)(H2,29,30,32,33). The van der Waals surface area contributed by atoms with E-state index in [1.54, 1.807) is 18.7 Å². The first-order valence-corrected chi connectivity index (χ1v) is 12.1. The molecular formula is C28H29N7O2. The third-order valence-corrected chi connectivity index (χ3v) is 6.24. The van der Waals surface area contributed by atoms with Crippen molar-refractivity contribution < 1.29 is 9.21 Å². The highest BCUT2D eigenvalue weighted by atomic mass is 16.3. The molecule has 37 heavy (non-hydrogen) atoms. The van der Waals surface area contributed by atoms with Crippen molar-refractivity contribution in [2.24, 2.45) is 0 Å². The number of likely N-dealkylation sites (N-methyl/N-ethyl adjacent to an activating group) is 1. The number of amides is 1. The third-order valence-electron chi connectivity index (χ3n) is 6.24. The highest BCUT2D eigenvalue weighted by Crippen LogP contribution is 2.32. The summed E-state index contributed by atoms with van der Waals surface area (Å²) in [5.41, 5.74) is 4.98. The van der Waals surface area contributed by atoms with E-state index in [9.17, 15) is 4.79 Å². The van der Waals surface area contributed by atoms with Crippen molar-refractivity contribution in [2.45, 2.75) is 0 Å². The molecule has 0 spiro atoms. The Labute approximate surface area is 215 Å². The van der Waals surface area contributed by atoms with Crippen LogP contribution in [0.15, 0.2) is 90.4 Å². The topological polar surface area (TPSA) is 98.6 Å². The number of para-hydroxylation sites is 2. The van der Waals surface area contributed by atoms with Crippen LogP contribution in [0.2, 0.25) is 0 Å². The first-order chi connectivity index (χ1) is 18.1. The van der Waals surface area contributed by atoms with Crippen LogP contribution in [-0.2, 0) is 4.79 Å². The Morgan fingerprint density at radius 2 is 1.76 bits per heavy atom. The van der Waals surface area contributed by atoms with Gasteiger partial charge in [0.1, 0.15) is 5.82 Å². The van der Waals surface area contributed by atoms with Crippen molar-refractivity contribution in [3.8, 4) is 11.1 Å². The molecule has 0 bridgehead atoms. The minimum absolute atomic E-state index is 0.297. The van der Waals surface area contributed by atoms with Gasteiger partial charge in [0.2, 0.25) is 11.9 Å². The van der Waals surface area contributed by atoms with Gasteiger partial charge in [-0.2, -0.15) is 4.98 Å². The lowest BCUT2D eigenvalue weighted by Gasteiger charge is -2.34. The van der Waals surface area contributed by atoms with Gasteiger partial charge >= 0.3 is 0 Å². The number of benzene rings is 2. The van der Waals surface area contributed by atoms with Crippen molar-refractivity contribution in [2.75, 3.05) is 54.1 Å². The number of hydrogen-bond acceptors (Lipinski definition) is 8. The monoisotopic (exact) mass is 495 g/mol. The number of anilines is 6. The summed E-state index contributed by atoms with van der Waals surface area (Å²) in [6.45, 7) is 7.69. The van der Waals surface area contributed by atoms with Crippen LogP contribution in [0.1, 0.15) is 0 Å². The quantitative estimate of drug-likeness (QED) is 0.291. The van der Waals surface area contributed by atoms with E-state index >= 15 is 0 Å². The molecule has 0 unspecified atom stereocenters. The summed E-state index contributed by atoms with van der Waals surface area (Å²) in [5, 5.41) is 9.47. The van der Waals surface area contributed by atoms with Crippen LogP contribution >= 0.6 is 0 Å². The Hall–Kier alpha value is -4.63. The molecule has 1 amide bonds. The van der Waals surface area contributed by atoms with Crippen molar-refractivity contribution in [1.29, 1.82) is 0 Å². The fourth-order valence-electron chi connectivity index (χ4n) is 4.13. The molecule has 0 aliphatic carbocycles. The summed E-state index contributed by atoms with van der Waals surface area (Å²) in [6, 6.07) is 17.6. The lowest BCUT2D eigenvalue weighted by Crippen LogP contribution is -2.44. The van der Waals surface area contributed by atoms with Gasteiger partial charge < -0.3 is 30.2 Å². The molecule has 3 N–H and O–H groups in total. The van der Waals surface area contributed by atoms with Gasteiger partial charge in [-0.15, -0.1) is 0 Å². The molecule has 1 saturated heterocycles. The third kappa shape index (κ3) is 5.79. The van der Waals surface area contributed by atoms with E-state index in [1.165, 1.54) is 11.8 Å². The van der Waals surface area contributed by atoms with Gasteiger partial charge in [-0.05, 0) is 55.6 Å². The number of nitrogens with zero attached hydrogens (tertiary/aromatic N) is 4. The highest BCUT2D eigenvalue weighted by Gasteiger charge is 2.15. The second kappa shape index (κ2) is 11.0. The molecule has 2 aromatic heterocycles. The average Bonchev–Trinajstić information content (AvgIpc) is 3.46. The minimum Gasteiger partial charge on any atom is -0.472 e. The van der Waals surface area contributed by atoms with Crippen LogP contribution in [0.4, 0.5) is 34.5 Å². The van der Waals surface area contributed by atoms with E-state index in [-0.39, 0.29) is 5.91 Å². The molecule has 0 radical (unpaired) electrons. The summed E-state index contributed by atoms with van der Waals surface area (Å²) >= 11 is 0. The van der Waals surface area contributed by atoms with Crippen molar-refractivity contribution >= 4 is 40.4 Å². The predicted octanol–water partition coefficient (Wildman–Crippen LogP) is 5.10. The molecule has 4 aromatic rings. The Kier molecular flexibility index (Phi) is 7.14. The highest BCUT2D eigenvalue weighted by molar-refractivity contribution is 6.01. The SMILES string of the molecule is C=CC(=O)Nc1ccccc1Nc1nc(Nc2ccc(N3CCN(C)CC3)cc2)ncc1-c1ccoc1. The predicted molar refractivity (Wildman–Crippen MR) is 148 cm³/mol. The molecule has 9 heteroatoms. The van der Waals surface area contributed by atoms with Gasteiger partial charge in [0, 0.05) is 54.9 Å². The summed E-state index contributed by atoms with van der Waals surface area (Å²) in [5.74, 6) is 0.706. The minimum atomic E-state index is -0.297. The zero-order valence-corrected chi connectivity index (χ0v) is 20.6. The van der Waals surface area contributed by atoms with Crippen molar-refractivity contribution in [3.05, 3.63) is 86.0 Å². The first kappa shape index (κ1) is 24.1. The maximum Gasteiger partial charge on any atom is 0.247 e. The first-order valence-electron chi connectivity index (χ1n) is 12.1. The Morgan fingerprint density at radius 1 is 1.00 bits per heavy atom. The second-order valence-electron chi connectivity index (χ2n) is 8.79. The van der Waals surface area contributed by atoms with Crippen LogP contribution < -0.4 is 20.9 Å². The number of nitrogens with one attached hydrogen (secondary N) is 3. The summed E-state index contributed by atoms with van der Waals surface area (Å²) < 4.78 is 5.28. The maximum atomic E-state index is 11.9. The largest absolute Gasteiger partial charge is 0.472 e. The molecule has 1 aliphatic heterocycles. The van der Waals surface area contributed by atoms with Crippen LogP contribution in [0.25, 0.3) is 11.1 Å². The number of furan rings is 1. The van der Waals surface area contributed by atoms with Crippen LogP contribution in [0, 0.1) is 0 Å². The Morgan fingerprint density at radius 3 is 2.46 bits per heavy atom. The average molecular weight is 496 g/mol. The number of aromatic nitrogens is 2. The maximum absolute atomic E-state index is 11.9. The number of hydrogen-bond donors (Lipinski definition) is 3. The lowest BCUT2D eigenvalue weighted by atomic mass is 10.1. The molecule has 9 nitrogen and oxygen atoms in total. The Balaban J connectivity index is 1.39. The number of carbonyl (C=O) groups is 1. The fraction of sp³-hybridized carbons (Fsp3) is 0.179. The lowest BCUT2D eigenvalue weighted by molar-refractivity contribution is -0.111. The molecule has 0 atom stereocenters. The number of rotatable bonds is 8. The number of carbonyl (C=O) groups excluding carboxylic acids is 1. The van der Waals surface area contributed by atoms with Gasteiger partial charge in [-0.3, -0.25) is 4.79 Å². The van der Waals surface area contributed by atoms with Crippen LogP contribution in [0.5, 0.6) is 0 Å². The molecule has 1 fully saturated rings. The molecule has 0 saturated carbocycles. The van der Waals surface area contributed by atoms with E-state index < -0.39 is 0 Å². The zero-order valence-electron chi connectivity index (χ0n) is 20.6. The van der Waals surface area contributed by atoms with E-state index in [4.69, 9.17) is 9.40 Å². The summed E-state index contributed by atoms with van der Waals surface area (Å²) in [7, 11) is 2.15. The van der Waals surface area contributed by atoms with E-state index in [0.717, 1.165) is 43.0 Å². The zero-order chi connectivity index (χ0) is 25.6. The Bertz CT molecular complexity index is 1360. The molecular weight excluding hydrogens is 466 g/mol. The second-order valence-corrected chi connectivity index (χ2v) is 8.79. The summed E-state index contributed by atoms with van der Waals surface area (Å²) in [6.07, 6.45) is 6.21. The van der Waals surface area contributed by atoms with Gasteiger partial charge in [0.15, 0.2) is 0 Å². The van der Waals surface area contributed by atoms with E-state index in [0.29, 0.717) is 23.1 Å². The van der Waals surface area contributed by atoms with Gasteiger partial charge in [0.05, 0.1) is 23.9 Å². The van der Waals surface area contributed by atoms with Crippen LogP contribution in [-0.4, -0.2) is 54.0 Å². The van der Waals surface area contributed by atoms with Crippen molar-refractivity contribution in [1.82, 2.24) is 14.9 Å². The van der Waals surface area contributed by atoms with E-state index in [2.05, 4.69) is 56.5 Å². The van der Waals surface area contributed by atoms with Crippen molar-refractivity contribution in [3.63, 3.8) is 0 Å². The molecule has 5 rings (SSSR count). The van der Waals surface area contributed by atoms with Crippen LogP contribution in [0.3, 0.4) is 0 Å². The number of piperazine rings is 1. The smallest absolute Gasteiger partial charge is 0.247 e. The van der Waals surface area contributed by atoms with E-state index in [1.807, 2.05) is 42.5 Å².